The first-order valence-electron chi connectivity index (χ1n) is 4.76. The zero-order valence-corrected chi connectivity index (χ0v) is 7.35. The van der Waals surface area contributed by atoms with Gasteiger partial charge in [0.25, 0.3) is 5.56 Å². The van der Waals surface area contributed by atoms with Crippen LogP contribution in [0.5, 0.6) is 5.88 Å². The van der Waals surface area contributed by atoms with E-state index in [0.29, 0.717) is 0 Å². The van der Waals surface area contributed by atoms with Crippen LogP contribution in [0.4, 0.5) is 0 Å². The van der Waals surface area contributed by atoms with E-state index in [1.54, 1.807) is 0 Å². The van der Waals surface area contributed by atoms with Crippen molar-refractivity contribution in [3.05, 3.63) is 27.0 Å². The number of ether oxygens (including phenoxy) is 1. The van der Waals surface area contributed by atoms with Crippen LogP contribution in [0.15, 0.2) is 4.79 Å². The van der Waals surface area contributed by atoms with Gasteiger partial charge in [0.05, 0.1) is 6.61 Å². The molecule has 1 aromatic heterocycles. The molecule has 3 rings (SSSR count). The van der Waals surface area contributed by atoms with Crippen molar-refractivity contribution in [3.8, 4) is 5.88 Å². The third-order valence-corrected chi connectivity index (χ3v) is 2.96. The first-order valence-corrected chi connectivity index (χ1v) is 4.76. The van der Waals surface area contributed by atoms with Crippen LogP contribution in [0.1, 0.15) is 23.1 Å². The average molecular weight is 177 g/mol. The van der Waals surface area contributed by atoms with Crippen molar-refractivity contribution >= 4 is 0 Å². The van der Waals surface area contributed by atoms with Crippen molar-refractivity contribution in [2.24, 2.45) is 0 Å². The van der Waals surface area contributed by atoms with Crippen molar-refractivity contribution in [2.45, 2.75) is 25.7 Å². The highest BCUT2D eigenvalue weighted by atomic mass is 16.5. The van der Waals surface area contributed by atoms with E-state index in [1.807, 2.05) is 0 Å². The molecule has 3 heteroatoms. The van der Waals surface area contributed by atoms with E-state index in [1.165, 1.54) is 11.1 Å². The SMILES string of the molecule is O=c1[nH]c2c(c3c1CCC3)CCO2. The largest absolute Gasteiger partial charge is 0.478 e. The van der Waals surface area contributed by atoms with E-state index in [2.05, 4.69) is 4.98 Å². The summed E-state index contributed by atoms with van der Waals surface area (Å²) in [5.41, 5.74) is 3.60. The van der Waals surface area contributed by atoms with Gasteiger partial charge in [-0.1, -0.05) is 0 Å². The van der Waals surface area contributed by atoms with Gasteiger partial charge in [-0.15, -0.1) is 0 Å². The molecule has 0 saturated heterocycles. The maximum atomic E-state index is 11.5. The number of aromatic nitrogens is 1. The van der Waals surface area contributed by atoms with Crippen LogP contribution < -0.4 is 10.3 Å². The lowest BCUT2D eigenvalue weighted by molar-refractivity contribution is 0.344. The Kier molecular flexibility index (Phi) is 1.31. The summed E-state index contributed by atoms with van der Waals surface area (Å²) in [6, 6.07) is 0. The van der Waals surface area contributed by atoms with Gasteiger partial charge in [-0.2, -0.15) is 0 Å². The number of pyridine rings is 1. The van der Waals surface area contributed by atoms with Gasteiger partial charge in [0, 0.05) is 17.5 Å². The number of hydrogen-bond donors (Lipinski definition) is 1. The normalized spacial score (nSPS) is 18.2. The fourth-order valence-corrected chi connectivity index (χ4v) is 2.36. The molecule has 0 unspecified atom stereocenters. The molecule has 0 bridgehead atoms. The van der Waals surface area contributed by atoms with Crippen LogP contribution >= 0.6 is 0 Å². The lowest BCUT2D eigenvalue weighted by atomic mass is 10.1. The zero-order chi connectivity index (χ0) is 8.84. The second-order valence-electron chi connectivity index (χ2n) is 3.67. The molecule has 0 atom stereocenters. The van der Waals surface area contributed by atoms with Gasteiger partial charge in [-0.25, -0.2) is 0 Å². The molecule has 2 heterocycles. The molecule has 0 saturated carbocycles. The molecule has 0 aromatic carbocycles. The predicted octanol–water partition coefficient (Wildman–Crippen LogP) is 0.798. The lowest BCUT2D eigenvalue weighted by Gasteiger charge is -2.03. The summed E-state index contributed by atoms with van der Waals surface area (Å²) in [5.74, 6) is 0.727. The second kappa shape index (κ2) is 2.37. The minimum atomic E-state index is 0.0631. The van der Waals surface area contributed by atoms with Crippen molar-refractivity contribution in [1.29, 1.82) is 0 Å². The summed E-state index contributed by atoms with van der Waals surface area (Å²) in [6.45, 7) is 0.724. The van der Waals surface area contributed by atoms with E-state index < -0.39 is 0 Å². The van der Waals surface area contributed by atoms with E-state index in [0.717, 1.165) is 43.7 Å². The lowest BCUT2D eigenvalue weighted by Crippen LogP contribution is -2.13. The molecule has 1 N–H and O–H groups in total. The maximum Gasteiger partial charge on any atom is 0.254 e. The Bertz CT molecular complexity index is 420. The monoisotopic (exact) mass is 177 g/mol. The van der Waals surface area contributed by atoms with Crippen LogP contribution in [-0.2, 0) is 19.3 Å². The second-order valence-corrected chi connectivity index (χ2v) is 3.67. The minimum Gasteiger partial charge on any atom is -0.478 e. The van der Waals surface area contributed by atoms with E-state index >= 15 is 0 Å². The third kappa shape index (κ3) is 0.870. The van der Waals surface area contributed by atoms with Gasteiger partial charge in [0.1, 0.15) is 0 Å². The van der Waals surface area contributed by atoms with Gasteiger partial charge in [-0.3, -0.25) is 9.78 Å². The van der Waals surface area contributed by atoms with Crippen molar-refractivity contribution in [1.82, 2.24) is 4.98 Å². The fourth-order valence-electron chi connectivity index (χ4n) is 2.36. The molecule has 0 radical (unpaired) electrons. The Balaban J connectivity index is 2.34. The maximum absolute atomic E-state index is 11.5. The molecule has 1 aromatic rings. The first kappa shape index (κ1) is 7.18. The molecule has 0 fully saturated rings. The summed E-state index contributed by atoms with van der Waals surface area (Å²) >= 11 is 0. The number of nitrogens with one attached hydrogen (secondary N) is 1. The van der Waals surface area contributed by atoms with Crippen molar-refractivity contribution in [3.63, 3.8) is 0 Å². The Morgan fingerprint density at radius 2 is 1.92 bits per heavy atom. The smallest absolute Gasteiger partial charge is 0.254 e. The number of rotatable bonds is 0. The van der Waals surface area contributed by atoms with Crippen LogP contribution in [0, 0.1) is 0 Å². The molecule has 0 amide bonds. The molecule has 68 valence electrons. The van der Waals surface area contributed by atoms with Crippen molar-refractivity contribution < 1.29 is 4.74 Å². The highest BCUT2D eigenvalue weighted by Gasteiger charge is 2.24. The van der Waals surface area contributed by atoms with Crippen LogP contribution in [0.25, 0.3) is 0 Å². The Hall–Kier alpha value is -1.25. The van der Waals surface area contributed by atoms with Crippen LogP contribution in [-0.4, -0.2) is 11.6 Å². The van der Waals surface area contributed by atoms with Crippen LogP contribution in [0.2, 0.25) is 0 Å². The number of hydrogen-bond acceptors (Lipinski definition) is 2. The highest BCUT2D eigenvalue weighted by molar-refractivity contribution is 5.44. The molecular weight excluding hydrogens is 166 g/mol. The highest BCUT2D eigenvalue weighted by Crippen LogP contribution is 2.30. The standard InChI is InChI=1S/C10H11NO2/c12-9-7-3-1-2-6(7)8-4-5-13-10(8)11-9/h1-5H2,(H,11,12). The number of fused-ring (bicyclic) bond motifs is 3. The Morgan fingerprint density at radius 3 is 2.85 bits per heavy atom. The van der Waals surface area contributed by atoms with Gasteiger partial charge in [-0.05, 0) is 24.8 Å². The third-order valence-electron chi connectivity index (χ3n) is 2.96. The fraction of sp³-hybridized carbons (Fsp3) is 0.500. The van der Waals surface area contributed by atoms with E-state index in [9.17, 15) is 4.79 Å². The molecule has 1 aliphatic carbocycles. The van der Waals surface area contributed by atoms with Gasteiger partial charge >= 0.3 is 0 Å². The van der Waals surface area contributed by atoms with Gasteiger partial charge in [0.15, 0.2) is 5.88 Å². The van der Waals surface area contributed by atoms with E-state index in [-0.39, 0.29) is 5.56 Å². The number of aromatic amines is 1. The summed E-state index contributed by atoms with van der Waals surface area (Å²) in [7, 11) is 0. The van der Waals surface area contributed by atoms with E-state index in [4.69, 9.17) is 4.74 Å². The molecule has 0 spiro atoms. The molecule has 3 nitrogen and oxygen atoms in total. The summed E-state index contributed by atoms with van der Waals surface area (Å²) < 4.78 is 5.35. The average Bonchev–Trinajstić information content (AvgIpc) is 2.66. The summed E-state index contributed by atoms with van der Waals surface area (Å²) in [5, 5.41) is 0. The summed E-state index contributed by atoms with van der Waals surface area (Å²) in [6.07, 6.45) is 4.09. The predicted molar refractivity (Wildman–Crippen MR) is 48.3 cm³/mol. The van der Waals surface area contributed by atoms with Gasteiger partial charge < -0.3 is 4.74 Å². The summed E-state index contributed by atoms with van der Waals surface area (Å²) in [4.78, 5) is 14.3. The molecule has 13 heavy (non-hydrogen) atoms. The Morgan fingerprint density at radius 1 is 1.08 bits per heavy atom. The quantitative estimate of drug-likeness (QED) is 0.636. The Labute approximate surface area is 75.7 Å². The van der Waals surface area contributed by atoms with Gasteiger partial charge in [0.2, 0.25) is 0 Å². The molecular formula is C10H11NO2. The number of H-pyrrole nitrogens is 1. The molecule has 2 aliphatic rings. The molecule has 1 aliphatic heterocycles. The van der Waals surface area contributed by atoms with Crippen molar-refractivity contribution in [2.75, 3.05) is 6.61 Å². The zero-order valence-electron chi connectivity index (χ0n) is 7.35. The van der Waals surface area contributed by atoms with Crippen LogP contribution in [0.3, 0.4) is 0 Å². The topological polar surface area (TPSA) is 42.1 Å². The minimum absolute atomic E-state index is 0.0631. The first-order chi connectivity index (χ1) is 6.36.